The van der Waals surface area contributed by atoms with Crippen LogP contribution in [0.15, 0.2) is 34.5 Å². The maximum atomic E-state index is 12.2. The molecule has 0 saturated carbocycles. The first-order valence-electron chi connectivity index (χ1n) is 5.78. The average molecular weight is 310 g/mol. The molecule has 2 aromatic rings. The van der Waals surface area contributed by atoms with Gasteiger partial charge in [0.05, 0.1) is 4.88 Å². The molecule has 0 aliphatic rings. The largest absolute Gasteiger partial charge is 0.321 e. The average Bonchev–Trinajstić information content (AvgIpc) is 2.71. The number of thiophene rings is 1. The van der Waals surface area contributed by atoms with Crippen LogP contribution in [0.25, 0.3) is 0 Å². The summed E-state index contributed by atoms with van der Waals surface area (Å²) in [5.74, 6) is -0.340. The summed E-state index contributed by atoms with van der Waals surface area (Å²) in [5.41, 5.74) is 2.28. The predicted molar refractivity (Wildman–Crippen MR) is 79.6 cm³/mol. The Morgan fingerprint density at radius 2 is 1.95 bits per heavy atom. The van der Waals surface area contributed by atoms with Crippen LogP contribution in [0.3, 0.4) is 0 Å². The molecule has 5 nitrogen and oxygen atoms in total. The molecule has 1 heterocycles. The van der Waals surface area contributed by atoms with Crippen LogP contribution >= 0.6 is 11.3 Å². The molecule has 0 atom stereocenters. The molecule has 3 N–H and O–H groups in total. The number of benzene rings is 1. The standard InChI is InChI=1S/C13H14N2O3S2/c1-8-4-3-5-10(6-8)15-13(16)12-9(2)7-11(19-12)20(14,17)18/h3-7H,1-2H3,(H,15,16)(H2,14,17,18). The van der Waals surface area contributed by atoms with Gasteiger partial charge in [-0.3, -0.25) is 4.79 Å². The molecule has 0 saturated heterocycles. The van der Waals surface area contributed by atoms with Crippen molar-refractivity contribution in [2.45, 2.75) is 18.1 Å². The number of rotatable bonds is 3. The molecule has 0 aliphatic heterocycles. The zero-order valence-electron chi connectivity index (χ0n) is 11.0. The van der Waals surface area contributed by atoms with Gasteiger partial charge in [-0.25, -0.2) is 13.6 Å². The van der Waals surface area contributed by atoms with E-state index in [9.17, 15) is 13.2 Å². The van der Waals surface area contributed by atoms with Crippen molar-refractivity contribution in [3.8, 4) is 0 Å². The van der Waals surface area contributed by atoms with E-state index in [4.69, 9.17) is 5.14 Å². The van der Waals surface area contributed by atoms with Crippen LogP contribution in [0.5, 0.6) is 0 Å². The van der Waals surface area contributed by atoms with E-state index in [0.717, 1.165) is 16.9 Å². The van der Waals surface area contributed by atoms with Crippen molar-refractivity contribution in [3.63, 3.8) is 0 Å². The van der Waals surface area contributed by atoms with E-state index in [0.29, 0.717) is 16.1 Å². The number of nitrogens with one attached hydrogen (secondary N) is 1. The van der Waals surface area contributed by atoms with Gasteiger partial charge in [-0.2, -0.15) is 0 Å². The van der Waals surface area contributed by atoms with Gasteiger partial charge < -0.3 is 5.32 Å². The quantitative estimate of drug-likeness (QED) is 0.911. The SMILES string of the molecule is Cc1cccc(NC(=O)c2sc(S(N)(=O)=O)cc2C)c1. The summed E-state index contributed by atoms with van der Waals surface area (Å²) in [7, 11) is -3.78. The van der Waals surface area contributed by atoms with Gasteiger partial charge in [0.2, 0.25) is 10.0 Å². The lowest BCUT2D eigenvalue weighted by Crippen LogP contribution is -2.11. The highest BCUT2D eigenvalue weighted by molar-refractivity contribution is 7.91. The van der Waals surface area contributed by atoms with E-state index in [-0.39, 0.29) is 10.1 Å². The Morgan fingerprint density at radius 1 is 1.25 bits per heavy atom. The molecule has 1 amide bonds. The van der Waals surface area contributed by atoms with Crippen LogP contribution in [-0.4, -0.2) is 14.3 Å². The first-order valence-corrected chi connectivity index (χ1v) is 8.15. The van der Waals surface area contributed by atoms with Crippen molar-refractivity contribution in [3.05, 3.63) is 46.3 Å². The molecular formula is C13H14N2O3S2. The normalized spacial score (nSPS) is 11.3. The van der Waals surface area contributed by atoms with Crippen LogP contribution in [0.2, 0.25) is 0 Å². The Labute approximate surface area is 121 Å². The summed E-state index contributed by atoms with van der Waals surface area (Å²) in [6, 6.07) is 8.77. The van der Waals surface area contributed by atoms with Gasteiger partial charge in [-0.05, 0) is 43.2 Å². The minimum atomic E-state index is -3.78. The van der Waals surface area contributed by atoms with Gasteiger partial charge in [0.1, 0.15) is 4.21 Å². The Balaban J connectivity index is 2.28. The number of carbonyl (C=O) groups is 1. The maximum Gasteiger partial charge on any atom is 0.266 e. The molecular weight excluding hydrogens is 296 g/mol. The fraction of sp³-hybridized carbons (Fsp3) is 0.154. The molecule has 2 rings (SSSR count). The zero-order valence-corrected chi connectivity index (χ0v) is 12.6. The number of hydrogen-bond acceptors (Lipinski definition) is 4. The fourth-order valence-electron chi connectivity index (χ4n) is 1.73. The molecule has 0 spiro atoms. The predicted octanol–water partition coefficient (Wildman–Crippen LogP) is 2.26. The lowest BCUT2D eigenvalue weighted by molar-refractivity contribution is 0.103. The summed E-state index contributed by atoms with van der Waals surface area (Å²) >= 11 is 0.873. The van der Waals surface area contributed by atoms with Crippen molar-refractivity contribution in [2.75, 3.05) is 5.32 Å². The number of sulfonamides is 1. The van der Waals surface area contributed by atoms with E-state index in [1.807, 2.05) is 25.1 Å². The van der Waals surface area contributed by atoms with E-state index in [1.165, 1.54) is 6.07 Å². The smallest absolute Gasteiger partial charge is 0.266 e. The van der Waals surface area contributed by atoms with E-state index in [1.54, 1.807) is 13.0 Å². The van der Waals surface area contributed by atoms with Crippen LogP contribution in [0.4, 0.5) is 5.69 Å². The maximum absolute atomic E-state index is 12.2. The van der Waals surface area contributed by atoms with Gasteiger partial charge in [0, 0.05) is 5.69 Å². The second kappa shape index (κ2) is 5.35. The molecule has 7 heteroatoms. The highest BCUT2D eigenvalue weighted by Gasteiger charge is 2.19. The minimum absolute atomic E-state index is 0.00982. The Bertz CT molecular complexity index is 764. The first kappa shape index (κ1) is 14.7. The summed E-state index contributed by atoms with van der Waals surface area (Å²) in [6.07, 6.45) is 0. The molecule has 0 fully saturated rings. The number of nitrogens with two attached hydrogens (primary N) is 1. The molecule has 0 unspecified atom stereocenters. The highest BCUT2D eigenvalue weighted by atomic mass is 32.2. The summed E-state index contributed by atoms with van der Waals surface area (Å²) in [6.45, 7) is 3.60. The van der Waals surface area contributed by atoms with Crippen LogP contribution in [-0.2, 0) is 10.0 Å². The van der Waals surface area contributed by atoms with Gasteiger partial charge in [-0.15, -0.1) is 11.3 Å². The second-order valence-corrected chi connectivity index (χ2v) is 7.29. The zero-order chi connectivity index (χ0) is 14.9. The van der Waals surface area contributed by atoms with Crippen molar-refractivity contribution in [1.82, 2.24) is 0 Å². The molecule has 0 aliphatic carbocycles. The Hall–Kier alpha value is -1.70. The number of carbonyl (C=O) groups excluding carboxylic acids is 1. The summed E-state index contributed by atoms with van der Waals surface area (Å²) in [4.78, 5) is 12.5. The first-order chi connectivity index (χ1) is 9.27. The molecule has 0 bridgehead atoms. The highest BCUT2D eigenvalue weighted by Crippen LogP contribution is 2.26. The monoisotopic (exact) mass is 310 g/mol. The number of primary sulfonamides is 1. The Morgan fingerprint density at radius 3 is 2.50 bits per heavy atom. The number of anilines is 1. The lowest BCUT2D eigenvalue weighted by Gasteiger charge is -2.05. The van der Waals surface area contributed by atoms with Crippen molar-refractivity contribution in [1.29, 1.82) is 0 Å². The molecule has 0 radical (unpaired) electrons. The van der Waals surface area contributed by atoms with Gasteiger partial charge in [0.15, 0.2) is 0 Å². The fourth-order valence-corrected chi connectivity index (χ4v) is 3.59. The number of hydrogen-bond donors (Lipinski definition) is 2. The van der Waals surface area contributed by atoms with Crippen molar-refractivity contribution < 1.29 is 13.2 Å². The number of amides is 1. The van der Waals surface area contributed by atoms with Gasteiger partial charge >= 0.3 is 0 Å². The number of aryl methyl sites for hydroxylation is 2. The molecule has 1 aromatic heterocycles. The van der Waals surface area contributed by atoms with Crippen molar-refractivity contribution in [2.24, 2.45) is 5.14 Å². The van der Waals surface area contributed by atoms with Crippen LogP contribution in [0, 0.1) is 13.8 Å². The van der Waals surface area contributed by atoms with E-state index >= 15 is 0 Å². The molecule has 106 valence electrons. The van der Waals surface area contributed by atoms with E-state index in [2.05, 4.69) is 5.32 Å². The minimum Gasteiger partial charge on any atom is -0.321 e. The third kappa shape index (κ3) is 3.24. The topological polar surface area (TPSA) is 89.3 Å². The third-order valence-electron chi connectivity index (χ3n) is 2.66. The van der Waals surface area contributed by atoms with Gasteiger partial charge in [-0.1, -0.05) is 12.1 Å². The van der Waals surface area contributed by atoms with Crippen LogP contribution in [0.1, 0.15) is 20.8 Å². The van der Waals surface area contributed by atoms with Gasteiger partial charge in [0.25, 0.3) is 5.91 Å². The Kier molecular flexibility index (Phi) is 3.94. The summed E-state index contributed by atoms with van der Waals surface area (Å²) < 4.78 is 22.6. The third-order valence-corrected chi connectivity index (χ3v) is 5.31. The summed E-state index contributed by atoms with van der Waals surface area (Å²) in [5, 5.41) is 7.80. The molecule has 20 heavy (non-hydrogen) atoms. The van der Waals surface area contributed by atoms with Crippen molar-refractivity contribution >= 4 is 33.0 Å². The lowest BCUT2D eigenvalue weighted by atomic mass is 10.2. The van der Waals surface area contributed by atoms with E-state index < -0.39 is 10.0 Å². The molecule has 1 aromatic carbocycles. The second-order valence-electron chi connectivity index (χ2n) is 4.45. The van der Waals surface area contributed by atoms with Crippen LogP contribution < -0.4 is 10.5 Å².